The number of methoxy groups -OCH3 is 1. The number of carbonyl (C=O) groups excluding carboxylic acids is 1. The van der Waals surface area contributed by atoms with E-state index in [2.05, 4.69) is 22.1 Å². The minimum atomic E-state index is -0.0839. The van der Waals surface area contributed by atoms with Gasteiger partial charge in [-0.25, -0.2) is 0 Å². The predicted molar refractivity (Wildman–Crippen MR) is 117 cm³/mol. The lowest BCUT2D eigenvalue weighted by Gasteiger charge is -2.12. The molecule has 0 fully saturated rings. The fraction of sp³-hybridized carbons (Fsp3) is 0.227. The van der Waals surface area contributed by atoms with Crippen molar-refractivity contribution in [2.75, 3.05) is 18.2 Å². The molecule has 0 aliphatic heterocycles. The number of nitrogens with zero attached hydrogens (tertiary/aromatic N) is 3. The first-order valence-corrected chi connectivity index (χ1v) is 10.2. The molecule has 3 rings (SSSR count). The molecule has 0 spiro atoms. The predicted octanol–water partition coefficient (Wildman–Crippen LogP) is 4.49. The Labute approximate surface area is 175 Å². The number of ether oxygens (including phenoxy) is 1. The van der Waals surface area contributed by atoms with Crippen LogP contribution in [0.5, 0.6) is 5.75 Å². The van der Waals surface area contributed by atoms with Crippen LogP contribution in [0, 0.1) is 13.8 Å². The average Bonchev–Trinajstić information content (AvgIpc) is 3.12. The van der Waals surface area contributed by atoms with Crippen LogP contribution in [0.4, 0.5) is 5.69 Å². The number of rotatable bonds is 8. The van der Waals surface area contributed by atoms with Gasteiger partial charge in [0.05, 0.1) is 18.4 Å². The molecule has 150 valence electrons. The van der Waals surface area contributed by atoms with Crippen LogP contribution in [0.2, 0.25) is 0 Å². The molecule has 2 aromatic carbocycles. The van der Waals surface area contributed by atoms with Crippen molar-refractivity contribution in [3.05, 3.63) is 66.2 Å². The lowest BCUT2D eigenvalue weighted by atomic mass is 10.1. The molecule has 0 radical (unpaired) electrons. The first-order valence-electron chi connectivity index (χ1n) is 9.21. The van der Waals surface area contributed by atoms with E-state index in [-0.39, 0.29) is 11.7 Å². The van der Waals surface area contributed by atoms with Crippen molar-refractivity contribution >= 4 is 23.4 Å². The van der Waals surface area contributed by atoms with Gasteiger partial charge in [0.2, 0.25) is 5.91 Å². The van der Waals surface area contributed by atoms with Crippen LogP contribution >= 0.6 is 11.8 Å². The fourth-order valence-corrected chi connectivity index (χ4v) is 3.78. The zero-order valence-corrected chi connectivity index (χ0v) is 17.6. The third-order valence-electron chi connectivity index (χ3n) is 4.45. The van der Waals surface area contributed by atoms with Gasteiger partial charge in [0, 0.05) is 12.2 Å². The van der Waals surface area contributed by atoms with Gasteiger partial charge in [0.15, 0.2) is 11.0 Å². The summed E-state index contributed by atoms with van der Waals surface area (Å²) >= 11 is 1.34. The molecule has 1 amide bonds. The molecule has 1 heterocycles. The number of amides is 1. The molecule has 0 saturated carbocycles. The van der Waals surface area contributed by atoms with Crippen LogP contribution in [0.25, 0.3) is 11.4 Å². The maximum absolute atomic E-state index is 12.5. The summed E-state index contributed by atoms with van der Waals surface area (Å²) in [6.45, 7) is 8.32. The van der Waals surface area contributed by atoms with Crippen molar-refractivity contribution in [1.82, 2.24) is 14.8 Å². The van der Waals surface area contributed by atoms with Gasteiger partial charge in [-0.15, -0.1) is 16.8 Å². The number of benzene rings is 2. The lowest BCUT2D eigenvalue weighted by molar-refractivity contribution is -0.113. The maximum Gasteiger partial charge on any atom is 0.234 e. The Kier molecular flexibility index (Phi) is 6.72. The zero-order valence-electron chi connectivity index (χ0n) is 16.8. The first kappa shape index (κ1) is 20.7. The van der Waals surface area contributed by atoms with E-state index in [9.17, 15) is 4.79 Å². The highest BCUT2D eigenvalue weighted by atomic mass is 32.2. The van der Waals surface area contributed by atoms with E-state index in [0.29, 0.717) is 17.5 Å². The van der Waals surface area contributed by atoms with E-state index in [1.165, 1.54) is 11.8 Å². The molecular formula is C22H24N4O2S. The van der Waals surface area contributed by atoms with Gasteiger partial charge in [0.1, 0.15) is 5.75 Å². The van der Waals surface area contributed by atoms with Crippen molar-refractivity contribution in [3.63, 3.8) is 0 Å². The van der Waals surface area contributed by atoms with Crippen LogP contribution in [0.15, 0.2) is 60.3 Å². The Morgan fingerprint density at radius 3 is 2.59 bits per heavy atom. The van der Waals surface area contributed by atoms with Gasteiger partial charge >= 0.3 is 0 Å². The van der Waals surface area contributed by atoms with Crippen LogP contribution in [0.3, 0.4) is 0 Å². The quantitative estimate of drug-likeness (QED) is 0.439. The summed E-state index contributed by atoms with van der Waals surface area (Å²) in [5.74, 6) is 1.54. The molecule has 0 atom stereocenters. The summed E-state index contributed by atoms with van der Waals surface area (Å²) in [7, 11) is 1.63. The number of nitrogens with one attached hydrogen (secondary N) is 1. The number of hydrogen-bond donors (Lipinski definition) is 1. The Morgan fingerprint density at radius 2 is 1.90 bits per heavy atom. The van der Waals surface area contributed by atoms with Crippen LogP contribution in [0.1, 0.15) is 11.1 Å². The molecule has 29 heavy (non-hydrogen) atoms. The van der Waals surface area contributed by atoms with Crippen LogP contribution < -0.4 is 10.1 Å². The number of aromatic nitrogens is 3. The molecular weight excluding hydrogens is 384 g/mol. The number of anilines is 1. The number of para-hydroxylation sites is 2. The summed E-state index contributed by atoms with van der Waals surface area (Å²) in [5, 5.41) is 12.3. The molecule has 0 aliphatic rings. The van der Waals surface area contributed by atoms with Gasteiger partial charge in [-0.3, -0.25) is 9.36 Å². The lowest BCUT2D eigenvalue weighted by Crippen LogP contribution is -2.16. The molecule has 0 saturated heterocycles. The highest BCUT2D eigenvalue weighted by Gasteiger charge is 2.18. The van der Waals surface area contributed by atoms with Crippen LogP contribution in [-0.2, 0) is 11.3 Å². The number of hydrogen-bond acceptors (Lipinski definition) is 5. The third-order valence-corrected chi connectivity index (χ3v) is 5.42. The van der Waals surface area contributed by atoms with Gasteiger partial charge in [0.25, 0.3) is 0 Å². The second kappa shape index (κ2) is 9.43. The molecule has 0 aliphatic carbocycles. The summed E-state index contributed by atoms with van der Waals surface area (Å²) < 4.78 is 7.38. The van der Waals surface area contributed by atoms with E-state index >= 15 is 0 Å². The van der Waals surface area contributed by atoms with Crippen LogP contribution in [-0.4, -0.2) is 33.5 Å². The second-order valence-electron chi connectivity index (χ2n) is 6.51. The Balaban J connectivity index is 1.78. The van der Waals surface area contributed by atoms with E-state index in [1.54, 1.807) is 13.2 Å². The number of carbonyl (C=O) groups is 1. The monoisotopic (exact) mass is 408 g/mol. The Hall–Kier alpha value is -3.06. The fourth-order valence-electron chi connectivity index (χ4n) is 3.04. The maximum atomic E-state index is 12.5. The van der Waals surface area contributed by atoms with Gasteiger partial charge < -0.3 is 10.1 Å². The van der Waals surface area contributed by atoms with E-state index in [1.807, 2.05) is 60.9 Å². The Bertz CT molecular complexity index is 1010. The highest BCUT2D eigenvalue weighted by Crippen LogP contribution is 2.31. The van der Waals surface area contributed by atoms with Gasteiger partial charge in [-0.2, -0.15) is 0 Å². The van der Waals surface area contributed by atoms with E-state index in [0.717, 1.165) is 28.1 Å². The molecule has 0 bridgehead atoms. The van der Waals surface area contributed by atoms with Crippen molar-refractivity contribution in [1.29, 1.82) is 0 Å². The standard InChI is InChI=1S/C22H24N4O2S/c1-5-13-26-21(17-11-6-7-12-18(17)28-4)24-25-22(26)29-14-19(27)23-20-15(2)9-8-10-16(20)3/h5-12H,1,13-14H2,2-4H3,(H,23,27). The highest BCUT2D eigenvalue weighted by molar-refractivity contribution is 7.99. The van der Waals surface area contributed by atoms with Gasteiger partial charge in [-0.1, -0.05) is 48.2 Å². The normalized spacial score (nSPS) is 10.6. The van der Waals surface area contributed by atoms with Gasteiger partial charge in [-0.05, 0) is 37.1 Å². The summed E-state index contributed by atoms with van der Waals surface area (Å²) in [5.41, 5.74) is 3.78. The third kappa shape index (κ3) is 4.68. The topological polar surface area (TPSA) is 69.0 Å². The first-order chi connectivity index (χ1) is 14.0. The Morgan fingerprint density at radius 1 is 1.17 bits per heavy atom. The minimum Gasteiger partial charge on any atom is -0.496 e. The molecule has 7 heteroatoms. The van der Waals surface area contributed by atoms with Crippen molar-refractivity contribution in [2.24, 2.45) is 0 Å². The number of thioether (sulfide) groups is 1. The molecule has 3 aromatic rings. The number of aryl methyl sites for hydroxylation is 2. The smallest absolute Gasteiger partial charge is 0.234 e. The van der Waals surface area contributed by atoms with Crippen molar-refractivity contribution < 1.29 is 9.53 Å². The molecule has 6 nitrogen and oxygen atoms in total. The summed E-state index contributed by atoms with van der Waals surface area (Å²) in [4.78, 5) is 12.5. The average molecular weight is 409 g/mol. The summed E-state index contributed by atoms with van der Waals surface area (Å²) in [6, 6.07) is 13.6. The van der Waals surface area contributed by atoms with Crippen molar-refractivity contribution in [2.45, 2.75) is 25.5 Å². The molecule has 0 unspecified atom stereocenters. The van der Waals surface area contributed by atoms with E-state index < -0.39 is 0 Å². The SMILES string of the molecule is C=CCn1c(SCC(=O)Nc2c(C)cccc2C)nnc1-c1ccccc1OC. The molecule has 1 aromatic heterocycles. The number of allylic oxidation sites excluding steroid dienone is 1. The largest absolute Gasteiger partial charge is 0.496 e. The summed E-state index contributed by atoms with van der Waals surface area (Å²) in [6.07, 6.45) is 1.78. The zero-order chi connectivity index (χ0) is 20.8. The van der Waals surface area contributed by atoms with Crippen molar-refractivity contribution in [3.8, 4) is 17.1 Å². The second-order valence-corrected chi connectivity index (χ2v) is 7.45. The molecule has 1 N–H and O–H groups in total. The minimum absolute atomic E-state index is 0.0839. The van der Waals surface area contributed by atoms with E-state index in [4.69, 9.17) is 4.74 Å².